The average Bonchev–Trinajstić information content (AvgIpc) is 2.89. The summed E-state index contributed by atoms with van der Waals surface area (Å²) in [4.78, 5) is 37.4. The Kier molecular flexibility index (Phi) is 7.77. The Morgan fingerprint density at radius 3 is 1.86 bits per heavy atom. The maximum Gasteiger partial charge on any atom is 0.335 e. The standard InChI is InChI=1S/C28H21FN2O4S/c29-21-10-6-19(7-11-21)26(32)30-23-14-16-24(17-15-23)36-25(18-4-2-1-3-5-18)27(33)31-22-12-8-20(9-13-22)28(34)35/h1-17,25H,(H,30,32)(H,31,33)(H,34,35). The lowest BCUT2D eigenvalue weighted by Gasteiger charge is -2.17. The number of amides is 2. The lowest BCUT2D eigenvalue weighted by atomic mass is 10.1. The van der Waals surface area contributed by atoms with Crippen molar-refractivity contribution in [1.29, 1.82) is 0 Å². The van der Waals surface area contributed by atoms with Crippen molar-refractivity contribution in [3.05, 3.63) is 126 Å². The number of hydrogen-bond donors (Lipinski definition) is 3. The number of carboxylic acid groups (broad SMARTS) is 1. The Morgan fingerprint density at radius 1 is 0.694 bits per heavy atom. The van der Waals surface area contributed by atoms with E-state index in [4.69, 9.17) is 5.11 Å². The van der Waals surface area contributed by atoms with E-state index in [2.05, 4.69) is 10.6 Å². The largest absolute Gasteiger partial charge is 0.478 e. The summed E-state index contributed by atoms with van der Waals surface area (Å²) in [7, 11) is 0. The zero-order valence-corrected chi connectivity index (χ0v) is 19.7. The number of aromatic carboxylic acids is 1. The number of rotatable bonds is 8. The summed E-state index contributed by atoms with van der Waals surface area (Å²) in [6, 6.07) is 27.6. The molecule has 0 saturated heterocycles. The maximum absolute atomic E-state index is 13.2. The van der Waals surface area contributed by atoms with Gasteiger partial charge in [0.25, 0.3) is 5.91 Å². The number of anilines is 2. The van der Waals surface area contributed by atoms with Crippen LogP contribution in [-0.2, 0) is 4.79 Å². The van der Waals surface area contributed by atoms with Crippen LogP contribution in [0.25, 0.3) is 0 Å². The van der Waals surface area contributed by atoms with Gasteiger partial charge in [-0.2, -0.15) is 0 Å². The molecular weight excluding hydrogens is 479 g/mol. The Bertz CT molecular complexity index is 1360. The number of carbonyl (C=O) groups is 3. The summed E-state index contributed by atoms with van der Waals surface area (Å²) in [6.07, 6.45) is 0. The summed E-state index contributed by atoms with van der Waals surface area (Å²) >= 11 is 1.34. The fourth-order valence-corrected chi connectivity index (χ4v) is 4.39. The third-order valence-electron chi connectivity index (χ3n) is 5.21. The van der Waals surface area contributed by atoms with E-state index >= 15 is 0 Å². The van der Waals surface area contributed by atoms with Gasteiger partial charge in [-0.3, -0.25) is 9.59 Å². The molecule has 0 spiro atoms. The summed E-state index contributed by atoms with van der Waals surface area (Å²) in [5, 5.41) is 14.1. The molecule has 3 N–H and O–H groups in total. The smallest absolute Gasteiger partial charge is 0.335 e. The Labute approximate surface area is 211 Å². The highest BCUT2D eigenvalue weighted by atomic mass is 32.2. The van der Waals surface area contributed by atoms with Crippen LogP contribution in [0.1, 0.15) is 31.5 Å². The molecule has 0 saturated carbocycles. The predicted octanol–water partition coefficient (Wildman–Crippen LogP) is 6.25. The zero-order chi connectivity index (χ0) is 25.5. The summed E-state index contributed by atoms with van der Waals surface area (Å²) in [5.41, 5.74) is 2.33. The molecule has 0 aliphatic heterocycles. The molecule has 0 bridgehead atoms. The first-order chi connectivity index (χ1) is 17.4. The van der Waals surface area contributed by atoms with Crippen molar-refractivity contribution in [2.45, 2.75) is 10.1 Å². The van der Waals surface area contributed by atoms with E-state index in [-0.39, 0.29) is 17.4 Å². The van der Waals surface area contributed by atoms with Crippen LogP contribution in [-0.4, -0.2) is 22.9 Å². The van der Waals surface area contributed by atoms with Crippen LogP contribution in [0.4, 0.5) is 15.8 Å². The molecule has 4 aromatic rings. The maximum atomic E-state index is 13.2. The third kappa shape index (κ3) is 6.37. The summed E-state index contributed by atoms with van der Waals surface area (Å²) in [6.45, 7) is 0. The van der Waals surface area contributed by atoms with Gasteiger partial charge in [-0.05, 0) is 78.4 Å². The van der Waals surface area contributed by atoms with Crippen molar-refractivity contribution in [2.24, 2.45) is 0 Å². The SMILES string of the molecule is O=C(O)c1ccc(NC(=O)C(Sc2ccc(NC(=O)c3ccc(F)cc3)cc2)c2ccccc2)cc1. The van der Waals surface area contributed by atoms with Gasteiger partial charge in [-0.25, -0.2) is 9.18 Å². The van der Waals surface area contributed by atoms with E-state index < -0.39 is 17.0 Å². The fraction of sp³-hybridized carbons (Fsp3) is 0.0357. The van der Waals surface area contributed by atoms with E-state index in [0.717, 1.165) is 10.5 Å². The Balaban J connectivity index is 1.47. The van der Waals surface area contributed by atoms with Crippen LogP contribution in [0.15, 0.2) is 108 Å². The first-order valence-electron chi connectivity index (χ1n) is 10.9. The minimum absolute atomic E-state index is 0.133. The van der Waals surface area contributed by atoms with Gasteiger partial charge < -0.3 is 15.7 Å². The summed E-state index contributed by atoms with van der Waals surface area (Å²) < 4.78 is 13.1. The van der Waals surface area contributed by atoms with Crippen LogP contribution < -0.4 is 10.6 Å². The van der Waals surface area contributed by atoms with Crippen molar-refractivity contribution in [2.75, 3.05) is 10.6 Å². The second-order valence-electron chi connectivity index (χ2n) is 7.77. The van der Waals surface area contributed by atoms with Crippen LogP contribution in [0.5, 0.6) is 0 Å². The normalized spacial score (nSPS) is 11.4. The van der Waals surface area contributed by atoms with Crippen LogP contribution in [0.3, 0.4) is 0 Å². The molecule has 4 aromatic carbocycles. The minimum atomic E-state index is -1.04. The molecule has 0 aromatic heterocycles. The summed E-state index contributed by atoms with van der Waals surface area (Å²) in [5.74, 6) is -2.07. The van der Waals surface area contributed by atoms with Gasteiger partial charge >= 0.3 is 5.97 Å². The average molecular weight is 501 g/mol. The van der Waals surface area contributed by atoms with Crippen molar-refractivity contribution in [3.8, 4) is 0 Å². The number of carboxylic acids is 1. The molecule has 0 aliphatic carbocycles. The molecule has 0 heterocycles. The monoisotopic (exact) mass is 500 g/mol. The number of halogens is 1. The van der Waals surface area contributed by atoms with E-state index in [1.807, 2.05) is 30.3 Å². The number of benzene rings is 4. The van der Waals surface area contributed by atoms with Crippen molar-refractivity contribution >= 4 is 40.9 Å². The Morgan fingerprint density at radius 2 is 1.25 bits per heavy atom. The molecule has 4 rings (SSSR count). The molecule has 0 radical (unpaired) electrons. The second kappa shape index (κ2) is 11.3. The van der Waals surface area contributed by atoms with Gasteiger partial charge in [-0.15, -0.1) is 11.8 Å². The molecule has 2 amide bonds. The van der Waals surface area contributed by atoms with Crippen LogP contribution >= 0.6 is 11.8 Å². The number of nitrogens with one attached hydrogen (secondary N) is 2. The highest BCUT2D eigenvalue weighted by Crippen LogP contribution is 2.36. The molecule has 36 heavy (non-hydrogen) atoms. The molecule has 180 valence electrons. The second-order valence-corrected chi connectivity index (χ2v) is 8.94. The van der Waals surface area contributed by atoms with Crippen LogP contribution in [0, 0.1) is 5.82 Å². The topological polar surface area (TPSA) is 95.5 Å². The van der Waals surface area contributed by atoms with Gasteiger partial charge in [0.1, 0.15) is 11.1 Å². The zero-order valence-electron chi connectivity index (χ0n) is 18.9. The van der Waals surface area contributed by atoms with E-state index in [0.29, 0.717) is 16.9 Å². The highest BCUT2D eigenvalue weighted by molar-refractivity contribution is 8.00. The molecule has 1 unspecified atom stereocenters. The van der Waals surface area contributed by atoms with Gasteiger partial charge in [-0.1, -0.05) is 30.3 Å². The van der Waals surface area contributed by atoms with Gasteiger partial charge in [0, 0.05) is 21.8 Å². The molecule has 0 aliphatic rings. The van der Waals surface area contributed by atoms with E-state index in [9.17, 15) is 18.8 Å². The van der Waals surface area contributed by atoms with Gasteiger partial charge in [0.15, 0.2) is 0 Å². The molecular formula is C28H21FN2O4S. The predicted molar refractivity (Wildman–Crippen MR) is 138 cm³/mol. The highest BCUT2D eigenvalue weighted by Gasteiger charge is 2.22. The van der Waals surface area contributed by atoms with Crippen molar-refractivity contribution < 1.29 is 23.9 Å². The lowest BCUT2D eigenvalue weighted by Crippen LogP contribution is -2.19. The van der Waals surface area contributed by atoms with Crippen LogP contribution in [0.2, 0.25) is 0 Å². The van der Waals surface area contributed by atoms with E-state index in [1.165, 1.54) is 48.2 Å². The molecule has 1 atom stereocenters. The first-order valence-corrected chi connectivity index (χ1v) is 11.8. The van der Waals surface area contributed by atoms with Gasteiger partial charge in [0.2, 0.25) is 5.91 Å². The third-order valence-corrected chi connectivity index (χ3v) is 6.48. The first kappa shape index (κ1) is 24.7. The fourth-order valence-electron chi connectivity index (χ4n) is 3.36. The lowest BCUT2D eigenvalue weighted by molar-refractivity contribution is -0.115. The number of thioether (sulfide) groups is 1. The van der Waals surface area contributed by atoms with Crippen molar-refractivity contribution in [1.82, 2.24) is 0 Å². The quantitative estimate of drug-likeness (QED) is 0.249. The minimum Gasteiger partial charge on any atom is -0.478 e. The number of hydrogen-bond acceptors (Lipinski definition) is 4. The van der Waals surface area contributed by atoms with Crippen molar-refractivity contribution in [3.63, 3.8) is 0 Å². The molecule has 0 fully saturated rings. The van der Waals surface area contributed by atoms with Gasteiger partial charge in [0.05, 0.1) is 5.56 Å². The molecule has 6 nitrogen and oxygen atoms in total. The number of carbonyl (C=O) groups excluding carboxylic acids is 2. The molecule has 8 heteroatoms. The van der Waals surface area contributed by atoms with E-state index in [1.54, 1.807) is 36.4 Å². The Hall–Kier alpha value is -4.43.